The Labute approximate surface area is 113 Å². The second-order valence-corrected chi connectivity index (χ2v) is 5.98. The molecule has 0 saturated carbocycles. The fraction of sp³-hybridized carbons (Fsp3) is 0.444. The van der Waals surface area contributed by atoms with Gasteiger partial charge in [0.2, 0.25) is 0 Å². The Hall–Kier alpha value is -0.500. The molecule has 2 N–H and O–H groups in total. The summed E-state index contributed by atoms with van der Waals surface area (Å²) in [5, 5.41) is 11.5. The Balaban J connectivity index is 2.27. The smallest absolute Gasteiger partial charge is 0.388 e. The molecule has 1 aromatic rings. The van der Waals surface area contributed by atoms with Gasteiger partial charge in [-0.2, -0.15) is 13.2 Å². The van der Waals surface area contributed by atoms with Crippen molar-refractivity contribution in [2.45, 2.75) is 24.7 Å². The van der Waals surface area contributed by atoms with E-state index in [-0.39, 0.29) is 20.7 Å². The van der Waals surface area contributed by atoms with Gasteiger partial charge in [0.15, 0.2) is 0 Å². The van der Waals surface area contributed by atoms with Crippen LogP contribution < -0.4 is 5.32 Å². The zero-order valence-electron chi connectivity index (χ0n) is 8.52. The number of hydrogen-bond donors (Lipinski definition) is 2. The van der Waals surface area contributed by atoms with Gasteiger partial charge in [-0.05, 0) is 0 Å². The maximum absolute atomic E-state index is 12.2. The molecule has 2 atom stereocenters. The molecule has 0 radical (unpaired) electrons. The van der Waals surface area contributed by atoms with Crippen molar-refractivity contribution in [3.8, 4) is 0 Å². The Morgan fingerprint density at radius 2 is 1.89 bits per heavy atom. The van der Waals surface area contributed by atoms with E-state index in [1.54, 1.807) is 5.32 Å². The second kappa shape index (κ2) is 4.56. The van der Waals surface area contributed by atoms with Gasteiger partial charge >= 0.3 is 12.1 Å². The van der Waals surface area contributed by atoms with Crippen molar-refractivity contribution in [2.75, 3.05) is 0 Å². The Bertz CT molecular complexity index is 503. The number of hydrogen-bond acceptors (Lipinski definition) is 3. The third-order valence-corrected chi connectivity index (χ3v) is 4.26. The van der Waals surface area contributed by atoms with E-state index in [1.165, 1.54) is 0 Å². The van der Waals surface area contributed by atoms with E-state index in [1.807, 2.05) is 0 Å². The minimum absolute atomic E-state index is 0.0700. The zero-order valence-corrected chi connectivity index (χ0v) is 10.8. The van der Waals surface area contributed by atoms with Crippen LogP contribution in [0, 0.1) is 0 Å². The van der Waals surface area contributed by atoms with Crippen molar-refractivity contribution >= 4 is 40.4 Å². The highest BCUT2D eigenvalue weighted by Gasteiger charge is 2.43. The molecule has 0 fully saturated rings. The van der Waals surface area contributed by atoms with Gasteiger partial charge in [-0.25, -0.2) is 0 Å². The minimum atomic E-state index is -4.97. The molecular weight excluding hydrogens is 314 g/mol. The standard InChI is InChI=1S/C9H6Cl2F3NO2S/c10-6-4-2(15-8(17)9(12,13)14)1-3(16)5(4)7(11)18-6/h2-3,16H,1H2,(H,15,17). The van der Waals surface area contributed by atoms with E-state index in [0.29, 0.717) is 5.56 Å². The molecule has 1 heterocycles. The number of aliphatic hydroxyl groups excluding tert-OH is 1. The van der Waals surface area contributed by atoms with E-state index in [2.05, 4.69) is 0 Å². The number of aliphatic hydroxyl groups is 1. The molecule has 1 aliphatic rings. The maximum atomic E-state index is 12.2. The summed E-state index contributed by atoms with van der Waals surface area (Å²) in [6, 6.07) is -0.972. The number of thiophene rings is 1. The first kappa shape index (κ1) is 13.9. The molecule has 0 saturated heterocycles. The van der Waals surface area contributed by atoms with Crippen molar-refractivity contribution in [2.24, 2.45) is 0 Å². The van der Waals surface area contributed by atoms with E-state index >= 15 is 0 Å². The molecule has 1 aromatic heterocycles. The number of carbonyl (C=O) groups is 1. The fourth-order valence-corrected chi connectivity index (χ4v) is 3.78. The Morgan fingerprint density at radius 1 is 1.33 bits per heavy atom. The lowest BCUT2D eigenvalue weighted by Crippen LogP contribution is -2.38. The summed E-state index contributed by atoms with van der Waals surface area (Å²) in [6.45, 7) is 0. The largest absolute Gasteiger partial charge is 0.471 e. The van der Waals surface area contributed by atoms with Gasteiger partial charge in [-0.1, -0.05) is 23.2 Å². The molecule has 0 aliphatic heterocycles. The molecule has 1 amide bonds. The van der Waals surface area contributed by atoms with E-state index in [0.717, 1.165) is 11.3 Å². The number of amides is 1. The molecule has 100 valence electrons. The Morgan fingerprint density at radius 3 is 2.44 bits per heavy atom. The van der Waals surface area contributed by atoms with Crippen molar-refractivity contribution < 1.29 is 23.1 Å². The predicted molar refractivity (Wildman–Crippen MR) is 60.9 cm³/mol. The van der Waals surface area contributed by atoms with Gasteiger partial charge in [0.1, 0.15) is 8.67 Å². The van der Waals surface area contributed by atoms with Crippen molar-refractivity contribution in [3.63, 3.8) is 0 Å². The minimum Gasteiger partial charge on any atom is -0.388 e. The van der Waals surface area contributed by atoms with Gasteiger partial charge in [-0.3, -0.25) is 4.79 Å². The number of nitrogens with one attached hydrogen (secondary N) is 1. The van der Waals surface area contributed by atoms with Crippen LogP contribution in [0.3, 0.4) is 0 Å². The number of rotatable bonds is 1. The monoisotopic (exact) mass is 319 g/mol. The number of fused-ring (bicyclic) bond motifs is 1. The third kappa shape index (κ3) is 2.32. The SMILES string of the molecule is O=C(NC1CC(O)c2c(Cl)sc(Cl)c21)C(F)(F)F. The highest BCUT2D eigenvalue weighted by Crippen LogP contribution is 2.50. The fourth-order valence-electron chi connectivity index (χ4n) is 1.87. The maximum Gasteiger partial charge on any atom is 0.471 e. The van der Waals surface area contributed by atoms with Crippen LogP contribution in [0.1, 0.15) is 29.7 Å². The van der Waals surface area contributed by atoms with Crippen LogP contribution in [0.2, 0.25) is 8.67 Å². The summed E-state index contributed by atoms with van der Waals surface area (Å²) < 4.78 is 36.9. The summed E-state index contributed by atoms with van der Waals surface area (Å²) in [4.78, 5) is 10.9. The van der Waals surface area contributed by atoms with Crippen LogP contribution in [0.25, 0.3) is 0 Å². The van der Waals surface area contributed by atoms with Gasteiger partial charge < -0.3 is 10.4 Å². The highest BCUT2D eigenvalue weighted by atomic mass is 35.5. The molecule has 3 nitrogen and oxygen atoms in total. The zero-order chi connectivity index (χ0) is 13.7. The first-order valence-electron chi connectivity index (χ1n) is 4.75. The molecular formula is C9H6Cl2F3NO2S. The first-order valence-corrected chi connectivity index (χ1v) is 6.32. The molecule has 2 unspecified atom stereocenters. The van der Waals surface area contributed by atoms with Crippen molar-refractivity contribution in [1.29, 1.82) is 0 Å². The summed E-state index contributed by atoms with van der Waals surface area (Å²) in [5.41, 5.74) is 0.580. The van der Waals surface area contributed by atoms with E-state index in [9.17, 15) is 23.1 Å². The van der Waals surface area contributed by atoms with Gasteiger partial charge in [0.25, 0.3) is 0 Å². The molecule has 9 heteroatoms. The van der Waals surface area contributed by atoms with Gasteiger partial charge in [0.05, 0.1) is 12.1 Å². The normalized spacial score (nSPS) is 23.0. The van der Waals surface area contributed by atoms with E-state index in [4.69, 9.17) is 23.2 Å². The Kier molecular flexibility index (Phi) is 3.52. The van der Waals surface area contributed by atoms with Gasteiger partial charge in [-0.15, -0.1) is 11.3 Å². The summed E-state index contributed by atoms with van der Waals surface area (Å²) >= 11 is 12.6. The molecule has 0 aromatic carbocycles. The van der Waals surface area contributed by atoms with Crippen LogP contribution in [0.15, 0.2) is 0 Å². The first-order chi connectivity index (χ1) is 8.21. The molecule has 18 heavy (non-hydrogen) atoms. The lowest BCUT2D eigenvalue weighted by atomic mass is 10.2. The molecule has 0 bridgehead atoms. The number of halogens is 5. The van der Waals surface area contributed by atoms with Crippen LogP contribution in [-0.2, 0) is 4.79 Å². The van der Waals surface area contributed by atoms with E-state index < -0.39 is 24.2 Å². The average molecular weight is 320 g/mol. The number of alkyl halides is 3. The van der Waals surface area contributed by atoms with Gasteiger partial charge in [0, 0.05) is 17.5 Å². The molecule has 2 rings (SSSR count). The van der Waals surface area contributed by atoms with Crippen LogP contribution in [-0.4, -0.2) is 17.2 Å². The topological polar surface area (TPSA) is 49.3 Å². The quantitative estimate of drug-likeness (QED) is 0.835. The summed E-state index contributed by atoms with van der Waals surface area (Å²) in [5.74, 6) is -2.06. The lowest BCUT2D eigenvalue weighted by Gasteiger charge is -2.15. The summed E-state index contributed by atoms with van der Waals surface area (Å²) in [7, 11) is 0. The van der Waals surface area contributed by atoms with Crippen molar-refractivity contribution in [3.05, 3.63) is 19.8 Å². The van der Waals surface area contributed by atoms with Crippen LogP contribution in [0.4, 0.5) is 13.2 Å². The van der Waals surface area contributed by atoms with Crippen molar-refractivity contribution in [1.82, 2.24) is 5.32 Å². The lowest BCUT2D eigenvalue weighted by molar-refractivity contribution is -0.174. The highest BCUT2D eigenvalue weighted by molar-refractivity contribution is 7.20. The number of carbonyl (C=O) groups excluding carboxylic acids is 1. The second-order valence-electron chi connectivity index (χ2n) is 3.75. The predicted octanol–water partition coefficient (Wildman–Crippen LogP) is 3.21. The molecule has 0 spiro atoms. The molecule has 1 aliphatic carbocycles. The van der Waals surface area contributed by atoms with Crippen LogP contribution >= 0.6 is 34.5 Å². The average Bonchev–Trinajstić information content (AvgIpc) is 2.67. The third-order valence-electron chi connectivity index (χ3n) is 2.60. The van der Waals surface area contributed by atoms with Crippen LogP contribution in [0.5, 0.6) is 0 Å². The summed E-state index contributed by atoms with van der Waals surface area (Å²) in [6.07, 6.45) is -6.06.